The van der Waals surface area contributed by atoms with Crippen molar-refractivity contribution in [3.05, 3.63) is 35.4 Å². The van der Waals surface area contributed by atoms with Crippen LogP contribution in [-0.4, -0.2) is 37.5 Å². The van der Waals surface area contributed by atoms with E-state index in [9.17, 15) is 9.59 Å². The summed E-state index contributed by atoms with van der Waals surface area (Å²) in [7, 11) is 0. The van der Waals surface area contributed by atoms with Gasteiger partial charge < -0.3 is 21.1 Å². The molecule has 0 heterocycles. The van der Waals surface area contributed by atoms with Crippen molar-refractivity contribution in [1.82, 2.24) is 10.6 Å². The van der Waals surface area contributed by atoms with Crippen LogP contribution in [0.4, 0.5) is 4.79 Å². The van der Waals surface area contributed by atoms with Crippen LogP contribution in [0, 0.1) is 5.41 Å². The molecule has 0 aromatic heterocycles. The molecule has 7 heteroatoms. The second-order valence-electron chi connectivity index (χ2n) is 5.31. The number of amidine groups is 1. The van der Waals surface area contributed by atoms with Crippen LogP contribution in [0.2, 0.25) is 0 Å². The number of aryl methyl sites for hydroxylation is 1. The molecule has 1 aromatic rings. The Morgan fingerprint density at radius 2 is 1.79 bits per heavy atom. The first-order valence-corrected chi connectivity index (χ1v) is 8.13. The van der Waals surface area contributed by atoms with E-state index in [-0.39, 0.29) is 30.8 Å². The van der Waals surface area contributed by atoms with E-state index in [4.69, 9.17) is 15.9 Å². The van der Waals surface area contributed by atoms with Gasteiger partial charge in [-0.2, -0.15) is 0 Å². The van der Waals surface area contributed by atoms with Gasteiger partial charge in [-0.3, -0.25) is 10.2 Å². The van der Waals surface area contributed by atoms with Crippen molar-refractivity contribution < 1.29 is 14.3 Å². The molecule has 1 aromatic carbocycles. The van der Waals surface area contributed by atoms with Gasteiger partial charge in [0.15, 0.2) is 0 Å². The van der Waals surface area contributed by atoms with Crippen molar-refractivity contribution in [2.45, 2.75) is 32.6 Å². The molecule has 1 rings (SSSR count). The van der Waals surface area contributed by atoms with E-state index in [0.717, 1.165) is 24.8 Å². The van der Waals surface area contributed by atoms with Gasteiger partial charge in [0.1, 0.15) is 5.84 Å². The quantitative estimate of drug-likeness (QED) is 0.225. The molecule has 132 valence electrons. The molecule has 24 heavy (non-hydrogen) atoms. The number of rotatable bonds is 10. The minimum atomic E-state index is -0.311. The molecule has 0 aliphatic carbocycles. The van der Waals surface area contributed by atoms with E-state index in [1.807, 2.05) is 24.3 Å². The normalized spacial score (nSPS) is 10.0. The van der Waals surface area contributed by atoms with Crippen LogP contribution in [0.5, 0.6) is 0 Å². The highest BCUT2D eigenvalue weighted by molar-refractivity contribution is 5.94. The third-order valence-electron chi connectivity index (χ3n) is 3.36. The first kappa shape index (κ1) is 19.5. The van der Waals surface area contributed by atoms with Crippen molar-refractivity contribution in [2.24, 2.45) is 5.73 Å². The Morgan fingerprint density at radius 1 is 1.12 bits per heavy atom. The maximum absolute atomic E-state index is 11.5. The average molecular weight is 334 g/mol. The van der Waals surface area contributed by atoms with Gasteiger partial charge >= 0.3 is 12.0 Å². The van der Waals surface area contributed by atoms with Gasteiger partial charge in [-0.15, -0.1) is 0 Å². The zero-order valence-corrected chi connectivity index (χ0v) is 14.1. The number of amides is 2. The van der Waals surface area contributed by atoms with Crippen molar-refractivity contribution in [3.8, 4) is 0 Å². The number of ether oxygens (including phenoxy) is 1. The van der Waals surface area contributed by atoms with Crippen molar-refractivity contribution in [3.63, 3.8) is 0 Å². The summed E-state index contributed by atoms with van der Waals surface area (Å²) in [4.78, 5) is 22.6. The van der Waals surface area contributed by atoms with E-state index in [0.29, 0.717) is 13.2 Å². The third-order valence-corrected chi connectivity index (χ3v) is 3.36. The highest BCUT2D eigenvalue weighted by Crippen LogP contribution is 2.07. The summed E-state index contributed by atoms with van der Waals surface area (Å²) >= 11 is 0. The number of unbranched alkanes of at least 4 members (excludes halogenated alkanes) is 1. The molecule has 2 amide bonds. The summed E-state index contributed by atoms with van der Waals surface area (Å²) in [6, 6.07) is 7.34. The molecule has 0 fully saturated rings. The Kier molecular flexibility index (Phi) is 8.96. The van der Waals surface area contributed by atoms with Crippen molar-refractivity contribution in [1.29, 1.82) is 5.41 Å². The zero-order chi connectivity index (χ0) is 17.8. The molecule has 0 aliphatic rings. The maximum atomic E-state index is 11.5. The Bertz CT molecular complexity index is 543. The van der Waals surface area contributed by atoms with E-state index >= 15 is 0 Å². The van der Waals surface area contributed by atoms with Gasteiger partial charge in [0.2, 0.25) is 0 Å². The van der Waals surface area contributed by atoms with Gasteiger partial charge in [0, 0.05) is 18.7 Å². The molecule has 0 saturated carbocycles. The summed E-state index contributed by atoms with van der Waals surface area (Å²) in [5, 5.41) is 12.7. The average Bonchev–Trinajstić information content (AvgIpc) is 2.55. The fourth-order valence-electron chi connectivity index (χ4n) is 2.08. The number of urea groups is 1. The van der Waals surface area contributed by atoms with E-state index in [1.165, 1.54) is 5.56 Å². The number of hydrogen-bond acceptors (Lipinski definition) is 4. The molecular formula is C17H26N4O3. The fourth-order valence-corrected chi connectivity index (χ4v) is 2.08. The lowest BCUT2D eigenvalue weighted by Gasteiger charge is -2.07. The van der Waals surface area contributed by atoms with E-state index in [2.05, 4.69) is 10.6 Å². The molecule has 5 N–H and O–H groups in total. The first-order valence-electron chi connectivity index (χ1n) is 8.13. The molecule has 0 bridgehead atoms. The molecule has 7 nitrogen and oxygen atoms in total. The van der Waals surface area contributed by atoms with E-state index < -0.39 is 0 Å². The minimum Gasteiger partial charge on any atom is -0.466 e. The van der Waals surface area contributed by atoms with E-state index in [1.54, 1.807) is 6.92 Å². The second kappa shape index (κ2) is 11.0. The van der Waals surface area contributed by atoms with Crippen LogP contribution in [-0.2, 0) is 16.0 Å². The Balaban J connectivity index is 2.07. The lowest BCUT2D eigenvalue weighted by atomic mass is 10.1. The van der Waals surface area contributed by atoms with Gasteiger partial charge in [-0.1, -0.05) is 24.3 Å². The van der Waals surface area contributed by atoms with Crippen LogP contribution < -0.4 is 16.4 Å². The van der Waals surface area contributed by atoms with Crippen LogP contribution >= 0.6 is 0 Å². The molecular weight excluding hydrogens is 308 g/mol. The SMILES string of the molecule is CCOC(=O)CCNC(=O)NCCCCc1ccc(C(=N)N)cc1. The fraction of sp³-hybridized carbons (Fsp3) is 0.471. The number of hydrogen-bond donors (Lipinski definition) is 4. The first-order chi connectivity index (χ1) is 11.5. The molecule has 0 unspecified atom stereocenters. The Labute approximate surface area is 142 Å². The van der Waals surface area contributed by atoms with Crippen LogP contribution in [0.15, 0.2) is 24.3 Å². The number of nitrogen functional groups attached to an aromatic ring is 1. The molecule has 0 atom stereocenters. The van der Waals surface area contributed by atoms with Gasteiger partial charge in [0.25, 0.3) is 0 Å². The molecule has 0 radical (unpaired) electrons. The summed E-state index contributed by atoms with van der Waals surface area (Å²) in [6.07, 6.45) is 2.89. The highest BCUT2D eigenvalue weighted by atomic mass is 16.5. The molecule has 0 saturated heterocycles. The smallest absolute Gasteiger partial charge is 0.314 e. The predicted molar refractivity (Wildman–Crippen MR) is 93.0 cm³/mol. The largest absolute Gasteiger partial charge is 0.466 e. The van der Waals surface area contributed by atoms with Gasteiger partial charge in [-0.05, 0) is 31.7 Å². The summed E-state index contributed by atoms with van der Waals surface area (Å²) in [5.74, 6) is -0.242. The Hall–Kier alpha value is -2.57. The minimum absolute atomic E-state index is 0.0692. The molecule has 0 aliphatic heterocycles. The number of carbonyl (C=O) groups is 2. The highest BCUT2D eigenvalue weighted by Gasteiger charge is 2.03. The van der Waals surface area contributed by atoms with Gasteiger partial charge in [-0.25, -0.2) is 4.79 Å². The number of carbonyl (C=O) groups excluding carboxylic acids is 2. The Morgan fingerprint density at radius 3 is 2.42 bits per heavy atom. The summed E-state index contributed by atoms with van der Waals surface area (Å²) in [6.45, 7) is 2.95. The number of nitrogens with two attached hydrogens (primary N) is 1. The molecule has 0 spiro atoms. The standard InChI is InChI=1S/C17H26N4O3/c1-2-24-15(22)10-12-21-17(23)20-11-4-3-5-13-6-8-14(9-7-13)16(18)19/h6-9H,2-5,10-12H2,1H3,(H3,18,19)(H2,20,21,23). The van der Waals surface area contributed by atoms with Crippen LogP contribution in [0.3, 0.4) is 0 Å². The lowest BCUT2D eigenvalue weighted by Crippen LogP contribution is -2.37. The van der Waals surface area contributed by atoms with Gasteiger partial charge in [0.05, 0.1) is 13.0 Å². The number of nitrogens with one attached hydrogen (secondary N) is 3. The predicted octanol–water partition coefficient (Wildman–Crippen LogP) is 1.55. The number of benzene rings is 1. The van der Waals surface area contributed by atoms with Crippen molar-refractivity contribution >= 4 is 17.8 Å². The number of esters is 1. The van der Waals surface area contributed by atoms with Crippen LogP contribution in [0.1, 0.15) is 37.3 Å². The summed E-state index contributed by atoms with van der Waals surface area (Å²) < 4.78 is 4.77. The summed E-state index contributed by atoms with van der Waals surface area (Å²) in [5.41, 5.74) is 7.31. The topological polar surface area (TPSA) is 117 Å². The van der Waals surface area contributed by atoms with Crippen molar-refractivity contribution in [2.75, 3.05) is 19.7 Å². The lowest BCUT2D eigenvalue weighted by molar-refractivity contribution is -0.142. The maximum Gasteiger partial charge on any atom is 0.314 e. The zero-order valence-electron chi connectivity index (χ0n) is 14.1. The third kappa shape index (κ3) is 8.17. The monoisotopic (exact) mass is 334 g/mol. The van der Waals surface area contributed by atoms with Crippen LogP contribution in [0.25, 0.3) is 0 Å². The second-order valence-corrected chi connectivity index (χ2v) is 5.31.